The number of hydrogen-bond donors (Lipinski definition) is 1. The molecule has 1 aromatic rings. The Morgan fingerprint density at radius 3 is 2.71 bits per heavy atom. The van der Waals surface area contributed by atoms with Crippen LogP contribution in [0.25, 0.3) is 0 Å². The first-order valence-electron chi connectivity index (χ1n) is 6.28. The van der Waals surface area contributed by atoms with E-state index in [-0.39, 0.29) is 0 Å². The molecule has 0 amide bonds. The molecule has 0 aliphatic rings. The lowest BCUT2D eigenvalue weighted by molar-refractivity contribution is 0.303. The summed E-state index contributed by atoms with van der Waals surface area (Å²) in [7, 11) is 0. The van der Waals surface area contributed by atoms with Crippen LogP contribution in [0, 0.1) is 5.92 Å². The van der Waals surface area contributed by atoms with Gasteiger partial charge in [0.2, 0.25) is 0 Å². The third kappa shape index (κ3) is 6.69. The van der Waals surface area contributed by atoms with E-state index in [4.69, 9.17) is 4.74 Å². The maximum absolute atomic E-state index is 5.69. The zero-order valence-electron chi connectivity index (χ0n) is 10.7. The molecule has 0 atom stereocenters. The lowest BCUT2D eigenvalue weighted by Crippen LogP contribution is -2.21. The highest BCUT2D eigenvalue weighted by Gasteiger charge is 1.98. The van der Waals surface area contributed by atoms with Crippen molar-refractivity contribution in [3.63, 3.8) is 0 Å². The average molecular weight is 300 g/mol. The highest BCUT2D eigenvalue weighted by atomic mass is 79.9. The molecule has 0 saturated carbocycles. The average Bonchev–Trinajstić information content (AvgIpc) is 2.30. The molecular weight excluding hydrogens is 278 g/mol. The predicted molar refractivity (Wildman–Crippen MR) is 76.6 cm³/mol. The molecule has 17 heavy (non-hydrogen) atoms. The predicted octanol–water partition coefficient (Wildman–Crippen LogP) is 3.85. The molecular formula is C14H22BrNO. The molecule has 0 spiro atoms. The van der Waals surface area contributed by atoms with Gasteiger partial charge in [0.05, 0.1) is 11.1 Å². The van der Waals surface area contributed by atoms with E-state index in [1.54, 1.807) is 0 Å². The van der Waals surface area contributed by atoms with Crippen LogP contribution in [-0.2, 0) is 0 Å². The SMILES string of the molecule is CC(C)CNCCCCOc1ccccc1Br. The second kappa shape index (κ2) is 8.54. The van der Waals surface area contributed by atoms with E-state index in [0.717, 1.165) is 48.7 Å². The largest absolute Gasteiger partial charge is 0.492 e. The van der Waals surface area contributed by atoms with E-state index in [0.29, 0.717) is 0 Å². The molecule has 1 rings (SSSR count). The van der Waals surface area contributed by atoms with Gasteiger partial charge in [-0.15, -0.1) is 0 Å². The van der Waals surface area contributed by atoms with Gasteiger partial charge in [-0.25, -0.2) is 0 Å². The molecule has 2 nitrogen and oxygen atoms in total. The summed E-state index contributed by atoms with van der Waals surface area (Å²) in [6, 6.07) is 7.97. The molecule has 0 saturated heterocycles. The Kier molecular flexibility index (Phi) is 7.29. The van der Waals surface area contributed by atoms with Crippen LogP contribution in [-0.4, -0.2) is 19.7 Å². The van der Waals surface area contributed by atoms with Crippen LogP contribution in [0.3, 0.4) is 0 Å². The van der Waals surface area contributed by atoms with Crippen molar-refractivity contribution in [2.24, 2.45) is 5.92 Å². The Morgan fingerprint density at radius 1 is 1.24 bits per heavy atom. The molecule has 0 aliphatic heterocycles. The van der Waals surface area contributed by atoms with Gasteiger partial charge in [0.1, 0.15) is 5.75 Å². The van der Waals surface area contributed by atoms with E-state index >= 15 is 0 Å². The molecule has 0 heterocycles. The maximum Gasteiger partial charge on any atom is 0.133 e. The number of nitrogens with one attached hydrogen (secondary N) is 1. The quantitative estimate of drug-likeness (QED) is 0.736. The highest BCUT2D eigenvalue weighted by Crippen LogP contribution is 2.23. The Bertz CT molecular complexity index is 315. The number of ether oxygens (including phenoxy) is 1. The molecule has 0 unspecified atom stereocenters. The van der Waals surface area contributed by atoms with Crippen LogP contribution in [0.1, 0.15) is 26.7 Å². The summed E-state index contributed by atoms with van der Waals surface area (Å²) in [5.41, 5.74) is 0. The van der Waals surface area contributed by atoms with Gasteiger partial charge in [0.25, 0.3) is 0 Å². The summed E-state index contributed by atoms with van der Waals surface area (Å²) in [5, 5.41) is 3.43. The molecule has 3 heteroatoms. The zero-order valence-corrected chi connectivity index (χ0v) is 12.3. The van der Waals surface area contributed by atoms with Crippen molar-refractivity contribution in [3.05, 3.63) is 28.7 Å². The van der Waals surface area contributed by atoms with Gasteiger partial charge in [-0.3, -0.25) is 0 Å². The van der Waals surface area contributed by atoms with Crippen molar-refractivity contribution in [1.29, 1.82) is 0 Å². The van der Waals surface area contributed by atoms with Crippen LogP contribution in [0.4, 0.5) is 0 Å². The van der Waals surface area contributed by atoms with Crippen molar-refractivity contribution >= 4 is 15.9 Å². The molecule has 1 N–H and O–H groups in total. The van der Waals surface area contributed by atoms with Gasteiger partial charge in [-0.2, -0.15) is 0 Å². The summed E-state index contributed by atoms with van der Waals surface area (Å²) >= 11 is 3.47. The first kappa shape index (κ1) is 14.5. The number of para-hydroxylation sites is 1. The Balaban J connectivity index is 2.03. The highest BCUT2D eigenvalue weighted by molar-refractivity contribution is 9.10. The number of hydrogen-bond acceptors (Lipinski definition) is 2. The molecule has 1 aromatic carbocycles. The van der Waals surface area contributed by atoms with Crippen LogP contribution in [0.5, 0.6) is 5.75 Å². The Morgan fingerprint density at radius 2 is 2.00 bits per heavy atom. The molecule has 0 aliphatic carbocycles. The van der Waals surface area contributed by atoms with E-state index < -0.39 is 0 Å². The van der Waals surface area contributed by atoms with Crippen LogP contribution in [0.2, 0.25) is 0 Å². The molecule has 0 bridgehead atoms. The number of rotatable bonds is 8. The molecule has 0 radical (unpaired) electrons. The van der Waals surface area contributed by atoms with Crippen LogP contribution < -0.4 is 10.1 Å². The Hall–Kier alpha value is -0.540. The number of benzene rings is 1. The van der Waals surface area contributed by atoms with Gasteiger partial charge < -0.3 is 10.1 Å². The number of halogens is 1. The third-order valence-corrected chi connectivity index (χ3v) is 3.05. The fourth-order valence-corrected chi connectivity index (χ4v) is 1.89. The third-order valence-electron chi connectivity index (χ3n) is 2.39. The number of unbranched alkanes of at least 4 members (excludes halogenated alkanes) is 1. The monoisotopic (exact) mass is 299 g/mol. The second-order valence-electron chi connectivity index (χ2n) is 4.58. The van der Waals surface area contributed by atoms with Crippen LogP contribution >= 0.6 is 15.9 Å². The minimum Gasteiger partial charge on any atom is -0.492 e. The van der Waals surface area contributed by atoms with Crippen molar-refractivity contribution in [2.45, 2.75) is 26.7 Å². The van der Waals surface area contributed by atoms with E-state index in [1.165, 1.54) is 0 Å². The standard InChI is InChI=1S/C14H22BrNO/c1-12(2)11-16-9-5-6-10-17-14-8-4-3-7-13(14)15/h3-4,7-8,12,16H,5-6,9-11H2,1-2H3. The minimum atomic E-state index is 0.728. The molecule has 96 valence electrons. The summed E-state index contributed by atoms with van der Waals surface area (Å²) in [5.74, 6) is 1.66. The normalized spacial score (nSPS) is 10.8. The lowest BCUT2D eigenvalue weighted by atomic mass is 10.2. The van der Waals surface area contributed by atoms with Crippen molar-refractivity contribution < 1.29 is 4.74 Å². The minimum absolute atomic E-state index is 0.728. The van der Waals surface area contributed by atoms with Crippen LogP contribution in [0.15, 0.2) is 28.7 Å². The first-order valence-corrected chi connectivity index (χ1v) is 7.07. The second-order valence-corrected chi connectivity index (χ2v) is 5.44. The van der Waals surface area contributed by atoms with Crippen molar-refractivity contribution in [1.82, 2.24) is 5.32 Å². The molecule has 0 fully saturated rings. The maximum atomic E-state index is 5.69. The fraction of sp³-hybridized carbons (Fsp3) is 0.571. The van der Waals surface area contributed by atoms with Crippen molar-refractivity contribution in [2.75, 3.05) is 19.7 Å². The lowest BCUT2D eigenvalue weighted by Gasteiger charge is -2.09. The topological polar surface area (TPSA) is 21.3 Å². The fourth-order valence-electron chi connectivity index (χ4n) is 1.49. The summed E-state index contributed by atoms with van der Waals surface area (Å²) in [6.45, 7) is 7.42. The first-order chi connectivity index (χ1) is 8.20. The van der Waals surface area contributed by atoms with Gasteiger partial charge in [0.15, 0.2) is 0 Å². The van der Waals surface area contributed by atoms with Gasteiger partial charge in [-0.05, 0) is 59.9 Å². The van der Waals surface area contributed by atoms with E-state index in [2.05, 4.69) is 35.1 Å². The van der Waals surface area contributed by atoms with E-state index in [1.807, 2.05) is 24.3 Å². The summed E-state index contributed by atoms with van der Waals surface area (Å²) < 4.78 is 6.72. The van der Waals surface area contributed by atoms with Gasteiger partial charge in [-0.1, -0.05) is 26.0 Å². The Labute approximate surface area is 113 Å². The van der Waals surface area contributed by atoms with Gasteiger partial charge >= 0.3 is 0 Å². The smallest absolute Gasteiger partial charge is 0.133 e. The zero-order chi connectivity index (χ0) is 12.5. The molecule has 0 aromatic heterocycles. The summed E-state index contributed by atoms with van der Waals surface area (Å²) in [4.78, 5) is 0. The van der Waals surface area contributed by atoms with Crippen molar-refractivity contribution in [3.8, 4) is 5.75 Å². The van der Waals surface area contributed by atoms with Gasteiger partial charge in [0, 0.05) is 0 Å². The summed E-state index contributed by atoms with van der Waals surface area (Å²) in [6.07, 6.45) is 2.25. The van der Waals surface area contributed by atoms with E-state index in [9.17, 15) is 0 Å².